The number of halogens is 3. The van der Waals surface area contributed by atoms with Crippen molar-refractivity contribution in [3.05, 3.63) is 46.8 Å². The average Bonchev–Trinajstić information content (AvgIpc) is 3.11. The summed E-state index contributed by atoms with van der Waals surface area (Å²) >= 11 is 1.10. The van der Waals surface area contributed by atoms with Crippen LogP contribution in [-0.4, -0.2) is 39.6 Å². The molecule has 1 aromatic carbocycles. The number of ether oxygens (including phenoxy) is 1. The van der Waals surface area contributed by atoms with Crippen molar-refractivity contribution in [2.75, 3.05) is 18.5 Å². The number of esters is 1. The number of thiophene rings is 1. The lowest BCUT2D eigenvalue weighted by atomic mass is 10.2. The number of rotatable bonds is 7. The predicted molar refractivity (Wildman–Crippen MR) is 95.6 cm³/mol. The van der Waals surface area contributed by atoms with E-state index < -0.39 is 46.1 Å². The van der Waals surface area contributed by atoms with Gasteiger partial charge in [0.1, 0.15) is 17.6 Å². The van der Waals surface area contributed by atoms with Crippen molar-refractivity contribution in [3.63, 3.8) is 0 Å². The molecule has 13 heteroatoms. The van der Waals surface area contributed by atoms with Crippen LogP contribution < -0.4 is 10.0 Å². The van der Waals surface area contributed by atoms with Crippen LogP contribution in [0.1, 0.15) is 15.9 Å². The van der Waals surface area contributed by atoms with Crippen molar-refractivity contribution in [2.24, 2.45) is 0 Å². The van der Waals surface area contributed by atoms with Gasteiger partial charge in [0.2, 0.25) is 10.0 Å². The second-order valence-electron chi connectivity index (χ2n) is 5.37. The number of alkyl halides is 3. The smallest absolute Gasteiger partial charge is 0.402 e. The van der Waals surface area contributed by atoms with Gasteiger partial charge in [-0.2, -0.15) is 18.4 Å². The van der Waals surface area contributed by atoms with Crippen molar-refractivity contribution in [1.82, 2.24) is 4.72 Å². The van der Waals surface area contributed by atoms with Gasteiger partial charge in [-0.25, -0.2) is 17.9 Å². The molecular weight excluding hydrogens is 435 g/mol. The van der Waals surface area contributed by atoms with Gasteiger partial charge in [-0.3, -0.25) is 4.79 Å². The van der Waals surface area contributed by atoms with Crippen molar-refractivity contribution >= 4 is 38.2 Å². The number of anilines is 1. The van der Waals surface area contributed by atoms with Gasteiger partial charge in [-0.1, -0.05) is 6.07 Å². The van der Waals surface area contributed by atoms with Gasteiger partial charge in [-0.05, 0) is 29.6 Å². The quantitative estimate of drug-likeness (QED) is 0.627. The Morgan fingerprint density at radius 3 is 2.62 bits per heavy atom. The molecule has 0 spiro atoms. The molecule has 0 fully saturated rings. The van der Waals surface area contributed by atoms with Crippen molar-refractivity contribution in [3.8, 4) is 6.07 Å². The highest BCUT2D eigenvalue weighted by Crippen LogP contribution is 2.22. The SMILES string of the molecule is N#Cc1ccsc1NC(=O)COC(=O)c1cccc(S(=O)(=O)NCC(F)(F)F)c1. The minimum atomic E-state index is -4.75. The van der Waals surface area contributed by atoms with Crippen molar-refractivity contribution in [1.29, 1.82) is 5.26 Å². The molecule has 1 amide bonds. The molecule has 1 aromatic heterocycles. The lowest BCUT2D eigenvalue weighted by Crippen LogP contribution is -2.33. The molecule has 8 nitrogen and oxygen atoms in total. The van der Waals surface area contributed by atoms with Crippen LogP contribution in [0.5, 0.6) is 0 Å². The van der Waals surface area contributed by atoms with Gasteiger partial charge >= 0.3 is 12.1 Å². The highest BCUT2D eigenvalue weighted by Gasteiger charge is 2.30. The summed E-state index contributed by atoms with van der Waals surface area (Å²) in [6.07, 6.45) is -4.75. The van der Waals surface area contributed by atoms with Crippen LogP contribution in [0, 0.1) is 11.3 Å². The third-order valence-corrected chi connectivity index (χ3v) is 5.44. The van der Waals surface area contributed by atoms with E-state index in [1.807, 2.05) is 6.07 Å². The van der Waals surface area contributed by atoms with Crippen LogP contribution in [0.15, 0.2) is 40.6 Å². The van der Waals surface area contributed by atoms with E-state index >= 15 is 0 Å². The molecular formula is C16H12F3N3O5S2. The third-order valence-electron chi connectivity index (χ3n) is 3.22. The first-order valence-electron chi connectivity index (χ1n) is 7.63. The van der Waals surface area contributed by atoms with Gasteiger partial charge in [0.25, 0.3) is 5.91 Å². The molecule has 0 aliphatic rings. The highest BCUT2D eigenvalue weighted by atomic mass is 32.2. The van der Waals surface area contributed by atoms with Gasteiger partial charge in [0.05, 0.1) is 16.0 Å². The summed E-state index contributed by atoms with van der Waals surface area (Å²) in [5.74, 6) is -1.78. The van der Waals surface area contributed by atoms with Gasteiger partial charge < -0.3 is 10.1 Å². The largest absolute Gasteiger partial charge is 0.452 e. The van der Waals surface area contributed by atoms with Crippen molar-refractivity contribution < 1.29 is 35.9 Å². The lowest BCUT2D eigenvalue weighted by molar-refractivity contribution is -0.121. The monoisotopic (exact) mass is 447 g/mol. The van der Waals surface area contributed by atoms with Crippen LogP contribution in [0.3, 0.4) is 0 Å². The summed E-state index contributed by atoms with van der Waals surface area (Å²) in [6.45, 7) is -2.48. The maximum atomic E-state index is 12.2. The Kier molecular flexibility index (Phi) is 6.96. The number of benzene rings is 1. The normalized spacial score (nSPS) is 11.5. The molecule has 2 aromatic rings. The number of hydrogen-bond donors (Lipinski definition) is 2. The molecule has 2 rings (SSSR count). The second-order valence-corrected chi connectivity index (χ2v) is 8.05. The van der Waals surface area contributed by atoms with E-state index in [4.69, 9.17) is 10.00 Å². The maximum Gasteiger partial charge on any atom is 0.402 e. The fraction of sp³-hybridized carbons (Fsp3) is 0.188. The Morgan fingerprint density at radius 1 is 1.24 bits per heavy atom. The van der Waals surface area contributed by atoms with Crippen LogP contribution in [0.4, 0.5) is 18.2 Å². The van der Waals surface area contributed by atoms with Crippen LogP contribution in [0.2, 0.25) is 0 Å². The zero-order chi connectivity index (χ0) is 21.7. The average molecular weight is 447 g/mol. The third kappa shape index (κ3) is 6.56. The maximum absolute atomic E-state index is 12.2. The zero-order valence-corrected chi connectivity index (χ0v) is 16.0. The Labute approximate surface area is 167 Å². The number of sulfonamides is 1. The molecule has 0 radical (unpaired) electrons. The Morgan fingerprint density at radius 2 is 1.97 bits per heavy atom. The van der Waals surface area contributed by atoms with Gasteiger partial charge in [-0.15, -0.1) is 11.3 Å². The molecule has 0 aliphatic heterocycles. The number of carbonyl (C=O) groups is 2. The number of amides is 1. The number of nitrogens with zero attached hydrogens (tertiary/aromatic N) is 1. The Balaban J connectivity index is 2.00. The van der Waals surface area contributed by atoms with Crippen LogP contribution >= 0.6 is 11.3 Å². The van der Waals surface area contributed by atoms with E-state index in [-0.39, 0.29) is 16.1 Å². The van der Waals surface area contributed by atoms with Crippen LogP contribution in [0.25, 0.3) is 0 Å². The van der Waals surface area contributed by atoms with E-state index in [0.29, 0.717) is 0 Å². The Bertz CT molecular complexity index is 1060. The second kappa shape index (κ2) is 9.03. The van der Waals surface area contributed by atoms with Crippen LogP contribution in [-0.2, 0) is 19.6 Å². The molecule has 0 bridgehead atoms. The molecule has 29 heavy (non-hydrogen) atoms. The molecule has 0 saturated heterocycles. The molecule has 154 valence electrons. The van der Waals surface area contributed by atoms with E-state index in [0.717, 1.165) is 29.5 Å². The van der Waals surface area contributed by atoms with E-state index in [1.165, 1.54) is 16.9 Å². The molecule has 2 N–H and O–H groups in total. The zero-order valence-electron chi connectivity index (χ0n) is 14.3. The lowest BCUT2D eigenvalue weighted by Gasteiger charge is -2.10. The summed E-state index contributed by atoms with van der Waals surface area (Å²) in [6, 6.07) is 7.50. The number of nitriles is 1. The molecule has 0 atom stereocenters. The fourth-order valence-corrected chi connectivity index (χ4v) is 3.74. The summed E-state index contributed by atoms with van der Waals surface area (Å²) in [5, 5.41) is 13.1. The minimum Gasteiger partial charge on any atom is -0.452 e. The summed E-state index contributed by atoms with van der Waals surface area (Å²) in [7, 11) is -4.51. The first kappa shape index (κ1) is 22.3. The fourth-order valence-electron chi connectivity index (χ4n) is 1.92. The van der Waals surface area contributed by atoms with E-state index in [9.17, 15) is 31.2 Å². The highest BCUT2D eigenvalue weighted by molar-refractivity contribution is 7.89. The first-order chi connectivity index (χ1) is 13.5. The Hall–Kier alpha value is -2.95. The summed E-state index contributed by atoms with van der Waals surface area (Å²) in [4.78, 5) is 23.3. The number of hydrogen-bond acceptors (Lipinski definition) is 7. The summed E-state index contributed by atoms with van der Waals surface area (Å²) in [5.41, 5.74) is -0.0412. The first-order valence-corrected chi connectivity index (χ1v) is 9.99. The molecule has 0 aliphatic carbocycles. The van der Waals surface area contributed by atoms with Gasteiger partial charge in [0, 0.05) is 0 Å². The standard InChI is InChI=1S/C16H12F3N3O5S2/c17-16(18,19)9-21-29(25,26)12-3-1-2-10(6-12)15(24)27-8-13(23)22-14-11(7-20)4-5-28-14/h1-6,21H,8-9H2,(H,22,23). The van der Waals surface area contributed by atoms with E-state index in [1.54, 1.807) is 5.38 Å². The molecule has 0 unspecified atom stereocenters. The number of nitrogens with one attached hydrogen (secondary N) is 2. The molecule has 0 saturated carbocycles. The minimum absolute atomic E-state index is 0.235. The molecule has 1 heterocycles. The predicted octanol–water partition coefficient (Wildman–Crippen LogP) is 2.26. The van der Waals surface area contributed by atoms with E-state index in [2.05, 4.69) is 5.32 Å². The van der Waals surface area contributed by atoms with Crippen molar-refractivity contribution in [2.45, 2.75) is 11.1 Å². The topological polar surface area (TPSA) is 125 Å². The van der Waals surface area contributed by atoms with Gasteiger partial charge in [0.15, 0.2) is 6.61 Å². The summed E-state index contributed by atoms with van der Waals surface area (Å²) < 4.78 is 66.6. The number of carbonyl (C=O) groups excluding carboxylic acids is 2.